The van der Waals surface area contributed by atoms with E-state index in [-0.39, 0.29) is 0 Å². The van der Waals surface area contributed by atoms with Gasteiger partial charge in [-0.15, -0.1) is 0 Å². The molecule has 1 aliphatic heterocycles. The molecule has 1 heterocycles. The summed E-state index contributed by atoms with van der Waals surface area (Å²) in [7, 11) is 0. The summed E-state index contributed by atoms with van der Waals surface area (Å²) in [6.07, 6.45) is 1.33. The molecule has 20 heavy (non-hydrogen) atoms. The molecule has 0 amide bonds. The smallest absolute Gasteiger partial charge is 0.0322 e. The molecular formula is C18H30N2. The van der Waals surface area contributed by atoms with E-state index in [0.717, 1.165) is 18.4 Å². The van der Waals surface area contributed by atoms with E-state index in [0.29, 0.717) is 6.04 Å². The van der Waals surface area contributed by atoms with Gasteiger partial charge in [0.25, 0.3) is 0 Å². The van der Waals surface area contributed by atoms with Crippen LogP contribution < -0.4 is 5.32 Å². The predicted octanol–water partition coefficient (Wildman–Crippen LogP) is 3.62. The largest absolute Gasteiger partial charge is 0.316 e. The monoisotopic (exact) mass is 274 g/mol. The van der Waals surface area contributed by atoms with Crippen LogP contribution in [0.5, 0.6) is 0 Å². The third-order valence-corrected chi connectivity index (χ3v) is 4.49. The van der Waals surface area contributed by atoms with Crippen LogP contribution in [0.25, 0.3) is 0 Å². The molecule has 2 rings (SSSR count). The molecule has 112 valence electrons. The lowest BCUT2D eigenvalue weighted by Crippen LogP contribution is -2.30. The van der Waals surface area contributed by atoms with E-state index in [2.05, 4.69) is 62.2 Å². The fourth-order valence-electron chi connectivity index (χ4n) is 3.21. The summed E-state index contributed by atoms with van der Waals surface area (Å²) in [5, 5.41) is 3.61. The van der Waals surface area contributed by atoms with Crippen LogP contribution in [0.15, 0.2) is 24.3 Å². The molecular weight excluding hydrogens is 244 g/mol. The van der Waals surface area contributed by atoms with Crippen LogP contribution >= 0.6 is 0 Å². The van der Waals surface area contributed by atoms with Gasteiger partial charge in [-0.25, -0.2) is 0 Å². The normalized spacial score (nSPS) is 21.6. The molecule has 2 atom stereocenters. The second-order valence-electron chi connectivity index (χ2n) is 6.73. The Balaban J connectivity index is 1.85. The van der Waals surface area contributed by atoms with E-state index in [4.69, 9.17) is 0 Å². The van der Waals surface area contributed by atoms with Gasteiger partial charge in [-0.05, 0) is 62.9 Å². The van der Waals surface area contributed by atoms with Crippen LogP contribution in [0.4, 0.5) is 0 Å². The standard InChI is InChI=1S/C18H30N2/c1-14(2)11-19-12-17-9-10-20(13-17)16(4)18-8-6-5-7-15(18)3/h5-8,14,16-17,19H,9-13H2,1-4H3. The maximum absolute atomic E-state index is 3.61. The summed E-state index contributed by atoms with van der Waals surface area (Å²) in [6.45, 7) is 13.9. The highest BCUT2D eigenvalue weighted by atomic mass is 15.2. The molecule has 1 aliphatic rings. The Bertz CT molecular complexity index is 414. The molecule has 1 N–H and O–H groups in total. The highest BCUT2D eigenvalue weighted by Crippen LogP contribution is 2.28. The first-order valence-corrected chi connectivity index (χ1v) is 8.08. The Morgan fingerprint density at radius 2 is 2.00 bits per heavy atom. The Kier molecular flexibility index (Phi) is 5.62. The van der Waals surface area contributed by atoms with Crippen LogP contribution in [-0.2, 0) is 0 Å². The predicted molar refractivity (Wildman–Crippen MR) is 87.0 cm³/mol. The fourth-order valence-corrected chi connectivity index (χ4v) is 3.21. The highest BCUT2D eigenvalue weighted by Gasteiger charge is 2.26. The Hall–Kier alpha value is -0.860. The van der Waals surface area contributed by atoms with Crippen molar-refractivity contribution in [3.05, 3.63) is 35.4 Å². The van der Waals surface area contributed by atoms with Crippen LogP contribution in [0.3, 0.4) is 0 Å². The van der Waals surface area contributed by atoms with E-state index in [9.17, 15) is 0 Å². The lowest BCUT2D eigenvalue weighted by atomic mass is 10.0. The van der Waals surface area contributed by atoms with Crippen molar-refractivity contribution in [2.45, 2.75) is 40.2 Å². The number of aryl methyl sites for hydroxylation is 1. The van der Waals surface area contributed by atoms with E-state index >= 15 is 0 Å². The summed E-state index contributed by atoms with van der Waals surface area (Å²) in [5.41, 5.74) is 2.91. The van der Waals surface area contributed by atoms with E-state index < -0.39 is 0 Å². The topological polar surface area (TPSA) is 15.3 Å². The molecule has 0 radical (unpaired) electrons. The molecule has 2 nitrogen and oxygen atoms in total. The molecule has 0 bridgehead atoms. The zero-order chi connectivity index (χ0) is 14.5. The first-order valence-electron chi connectivity index (χ1n) is 8.08. The number of hydrogen-bond acceptors (Lipinski definition) is 2. The maximum atomic E-state index is 3.61. The quantitative estimate of drug-likeness (QED) is 0.852. The van der Waals surface area contributed by atoms with Gasteiger partial charge in [0.15, 0.2) is 0 Å². The second-order valence-corrected chi connectivity index (χ2v) is 6.73. The van der Waals surface area contributed by atoms with Crippen molar-refractivity contribution < 1.29 is 0 Å². The molecule has 1 fully saturated rings. The second kappa shape index (κ2) is 7.24. The van der Waals surface area contributed by atoms with Crippen LogP contribution in [0, 0.1) is 18.8 Å². The van der Waals surface area contributed by atoms with E-state index in [1.54, 1.807) is 0 Å². The van der Waals surface area contributed by atoms with E-state index in [1.165, 1.54) is 37.2 Å². The lowest BCUT2D eigenvalue weighted by Gasteiger charge is -2.26. The van der Waals surface area contributed by atoms with Crippen LogP contribution in [0.1, 0.15) is 44.4 Å². The number of hydrogen-bond donors (Lipinski definition) is 1. The Morgan fingerprint density at radius 1 is 1.25 bits per heavy atom. The van der Waals surface area contributed by atoms with Gasteiger partial charge in [0.1, 0.15) is 0 Å². The zero-order valence-electron chi connectivity index (χ0n) is 13.5. The highest BCUT2D eigenvalue weighted by molar-refractivity contribution is 5.28. The van der Waals surface area contributed by atoms with Crippen molar-refractivity contribution in [3.8, 4) is 0 Å². The summed E-state index contributed by atoms with van der Waals surface area (Å²) < 4.78 is 0. The lowest BCUT2D eigenvalue weighted by molar-refractivity contribution is 0.250. The minimum atomic E-state index is 0.547. The van der Waals surface area contributed by atoms with Gasteiger partial charge in [0.2, 0.25) is 0 Å². The van der Waals surface area contributed by atoms with Crippen molar-refractivity contribution in [3.63, 3.8) is 0 Å². The molecule has 1 saturated heterocycles. The fraction of sp³-hybridized carbons (Fsp3) is 0.667. The molecule has 1 aromatic carbocycles. The van der Waals surface area contributed by atoms with E-state index in [1.807, 2.05) is 0 Å². The number of nitrogens with one attached hydrogen (secondary N) is 1. The third-order valence-electron chi connectivity index (χ3n) is 4.49. The van der Waals surface area contributed by atoms with Crippen molar-refractivity contribution in [1.29, 1.82) is 0 Å². The van der Waals surface area contributed by atoms with Crippen molar-refractivity contribution >= 4 is 0 Å². The Morgan fingerprint density at radius 3 is 2.70 bits per heavy atom. The molecule has 2 unspecified atom stereocenters. The summed E-state index contributed by atoms with van der Waals surface area (Å²) >= 11 is 0. The zero-order valence-corrected chi connectivity index (χ0v) is 13.5. The molecule has 0 aliphatic carbocycles. The SMILES string of the molecule is Cc1ccccc1C(C)N1CCC(CNCC(C)C)C1. The minimum absolute atomic E-state index is 0.547. The number of rotatable bonds is 6. The van der Waals surface area contributed by atoms with Crippen molar-refractivity contribution in [1.82, 2.24) is 10.2 Å². The molecule has 0 saturated carbocycles. The molecule has 0 spiro atoms. The number of benzene rings is 1. The molecule has 2 heteroatoms. The minimum Gasteiger partial charge on any atom is -0.316 e. The maximum Gasteiger partial charge on any atom is 0.0322 e. The van der Waals surface area contributed by atoms with Crippen LogP contribution in [-0.4, -0.2) is 31.1 Å². The van der Waals surface area contributed by atoms with Gasteiger partial charge in [-0.1, -0.05) is 38.1 Å². The Labute approximate surface area is 124 Å². The average molecular weight is 274 g/mol. The molecule has 0 aromatic heterocycles. The van der Waals surface area contributed by atoms with Gasteiger partial charge in [-0.2, -0.15) is 0 Å². The first kappa shape index (κ1) is 15.5. The van der Waals surface area contributed by atoms with Crippen molar-refractivity contribution in [2.75, 3.05) is 26.2 Å². The summed E-state index contributed by atoms with van der Waals surface area (Å²) in [5.74, 6) is 1.57. The van der Waals surface area contributed by atoms with Gasteiger partial charge in [-0.3, -0.25) is 4.90 Å². The number of nitrogens with zero attached hydrogens (tertiary/aromatic N) is 1. The summed E-state index contributed by atoms with van der Waals surface area (Å²) in [6, 6.07) is 9.35. The van der Waals surface area contributed by atoms with Gasteiger partial charge < -0.3 is 5.32 Å². The third kappa shape index (κ3) is 4.07. The summed E-state index contributed by atoms with van der Waals surface area (Å²) in [4.78, 5) is 2.64. The average Bonchev–Trinajstić information content (AvgIpc) is 2.87. The van der Waals surface area contributed by atoms with Crippen LogP contribution in [0.2, 0.25) is 0 Å². The van der Waals surface area contributed by atoms with Crippen molar-refractivity contribution in [2.24, 2.45) is 11.8 Å². The molecule has 1 aromatic rings. The van der Waals surface area contributed by atoms with Gasteiger partial charge in [0.05, 0.1) is 0 Å². The number of likely N-dealkylation sites (tertiary alicyclic amines) is 1. The first-order chi connectivity index (χ1) is 9.58. The van der Waals surface area contributed by atoms with Gasteiger partial charge in [0, 0.05) is 12.6 Å². The van der Waals surface area contributed by atoms with Gasteiger partial charge >= 0.3 is 0 Å².